The fraction of sp³-hybridized carbons (Fsp3) is 0.0909. The molecule has 1 amide bonds. The van der Waals surface area contributed by atoms with E-state index in [4.69, 9.17) is 9.15 Å². The molecule has 0 aliphatic heterocycles. The maximum Gasteiger partial charge on any atom is 0.416 e. The summed E-state index contributed by atoms with van der Waals surface area (Å²) in [5.41, 5.74) is -0.440. The number of nitriles is 1. The molecule has 0 saturated heterocycles. The number of alkyl halides is 3. The number of para-hydroxylation sites is 2. The number of hydrogen-bond donors (Lipinski definition) is 1. The minimum Gasteiger partial charge on any atom is -0.495 e. The summed E-state index contributed by atoms with van der Waals surface area (Å²) >= 11 is 0. The van der Waals surface area contributed by atoms with Gasteiger partial charge >= 0.3 is 6.18 Å². The number of halogens is 3. The third kappa shape index (κ3) is 4.70. The zero-order valence-corrected chi connectivity index (χ0v) is 15.7. The molecule has 0 saturated carbocycles. The first kappa shape index (κ1) is 20.7. The fourth-order valence-corrected chi connectivity index (χ4v) is 2.66. The van der Waals surface area contributed by atoms with E-state index in [9.17, 15) is 23.2 Å². The molecular formula is C22H15F3N2O3. The molecule has 3 aromatic rings. The molecule has 30 heavy (non-hydrogen) atoms. The van der Waals surface area contributed by atoms with E-state index in [1.807, 2.05) is 0 Å². The number of nitrogens with zero attached hydrogens (tertiary/aromatic N) is 1. The average molecular weight is 412 g/mol. The molecule has 8 heteroatoms. The normalized spacial score (nSPS) is 11.6. The smallest absolute Gasteiger partial charge is 0.416 e. The van der Waals surface area contributed by atoms with Crippen LogP contribution in [0.4, 0.5) is 18.9 Å². The van der Waals surface area contributed by atoms with Crippen LogP contribution >= 0.6 is 0 Å². The van der Waals surface area contributed by atoms with Crippen LogP contribution in [0.3, 0.4) is 0 Å². The van der Waals surface area contributed by atoms with Gasteiger partial charge in [0.05, 0.1) is 18.4 Å². The van der Waals surface area contributed by atoms with E-state index in [2.05, 4.69) is 5.32 Å². The minimum absolute atomic E-state index is 0.147. The lowest BCUT2D eigenvalue weighted by Gasteiger charge is -2.09. The van der Waals surface area contributed by atoms with Crippen molar-refractivity contribution in [1.82, 2.24) is 0 Å². The Balaban J connectivity index is 1.84. The van der Waals surface area contributed by atoms with Crippen molar-refractivity contribution in [1.29, 1.82) is 5.26 Å². The Kier molecular flexibility index (Phi) is 5.93. The van der Waals surface area contributed by atoms with E-state index in [1.54, 1.807) is 30.3 Å². The summed E-state index contributed by atoms with van der Waals surface area (Å²) in [7, 11) is 1.45. The molecule has 0 fully saturated rings. The Bertz CT molecular complexity index is 1140. The van der Waals surface area contributed by atoms with Crippen molar-refractivity contribution in [3.63, 3.8) is 0 Å². The summed E-state index contributed by atoms with van der Waals surface area (Å²) in [5, 5.41) is 11.9. The second-order valence-corrected chi connectivity index (χ2v) is 6.10. The zero-order valence-electron chi connectivity index (χ0n) is 15.7. The van der Waals surface area contributed by atoms with Gasteiger partial charge in [-0.15, -0.1) is 0 Å². The number of rotatable bonds is 5. The topological polar surface area (TPSA) is 75.3 Å². The van der Waals surface area contributed by atoms with E-state index < -0.39 is 17.6 Å². The van der Waals surface area contributed by atoms with Crippen LogP contribution in [0.2, 0.25) is 0 Å². The van der Waals surface area contributed by atoms with Crippen molar-refractivity contribution in [2.45, 2.75) is 6.18 Å². The van der Waals surface area contributed by atoms with Gasteiger partial charge in [0.2, 0.25) is 0 Å². The van der Waals surface area contributed by atoms with Crippen molar-refractivity contribution < 1.29 is 27.1 Å². The molecule has 152 valence electrons. The predicted molar refractivity (Wildman–Crippen MR) is 104 cm³/mol. The van der Waals surface area contributed by atoms with Crippen LogP contribution in [0.5, 0.6) is 5.75 Å². The van der Waals surface area contributed by atoms with E-state index in [0.717, 1.165) is 12.1 Å². The number of benzene rings is 2. The molecule has 0 radical (unpaired) electrons. The third-order valence-electron chi connectivity index (χ3n) is 4.11. The second kappa shape index (κ2) is 8.57. The average Bonchev–Trinajstić information content (AvgIpc) is 3.20. The van der Waals surface area contributed by atoms with Gasteiger partial charge in [-0.3, -0.25) is 4.79 Å². The van der Waals surface area contributed by atoms with Gasteiger partial charge in [-0.05, 0) is 36.4 Å². The van der Waals surface area contributed by atoms with Crippen molar-refractivity contribution in [3.8, 4) is 23.1 Å². The van der Waals surface area contributed by atoms with Gasteiger partial charge in [-0.2, -0.15) is 18.4 Å². The van der Waals surface area contributed by atoms with E-state index in [-0.39, 0.29) is 22.7 Å². The summed E-state index contributed by atoms with van der Waals surface area (Å²) in [6.07, 6.45) is -3.27. The number of methoxy groups -OCH3 is 1. The third-order valence-corrected chi connectivity index (χ3v) is 4.11. The first-order chi connectivity index (χ1) is 14.3. The molecule has 1 aromatic heterocycles. The number of hydrogen-bond acceptors (Lipinski definition) is 4. The lowest BCUT2D eigenvalue weighted by Crippen LogP contribution is -2.14. The number of anilines is 1. The lowest BCUT2D eigenvalue weighted by molar-refractivity contribution is -0.137. The molecule has 0 unspecified atom stereocenters. The number of furan rings is 1. The Hall–Kier alpha value is -3.99. The van der Waals surface area contributed by atoms with Crippen molar-refractivity contribution in [2.24, 2.45) is 0 Å². The fourth-order valence-electron chi connectivity index (χ4n) is 2.66. The van der Waals surface area contributed by atoms with Crippen LogP contribution in [0.25, 0.3) is 17.4 Å². The summed E-state index contributed by atoms with van der Waals surface area (Å²) in [6.45, 7) is 0. The highest BCUT2D eigenvalue weighted by molar-refractivity contribution is 6.10. The zero-order chi connectivity index (χ0) is 21.7. The highest BCUT2D eigenvalue weighted by Gasteiger charge is 2.30. The van der Waals surface area contributed by atoms with Gasteiger partial charge in [0, 0.05) is 11.6 Å². The van der Waals surface area contributed by atoms with Crippen LogP contribution in [0.1, 0.15) is 11.3 Å². The van der Waals surface area contributed by atoms with Gasteiger partial charge in [0.25, 0.3) is 5.91 Å². The number of carbonyl (C=O) groups excluding carboxylic acids is 1. The van der Waals surface area contributed by atoms with Crippen molar-refractivity contribution >= 4 is 17.7 Å². The molecule has 0 bridgehead atoms. The highest BCUT2D eigenvalue weighted by Crippen LogP contribution is 2.33. The maximum atomic E-state index is 12.9. The quantitative estimate of drug-likeness (QED) is 0.442. The van der Waals surface area contributed by atoms with Crippen LogP contribution in [0, 0.1) is 11.3 Å². The van der Waals surface area contributed by atoms with Crippen LogP contribution in [0.15, 0.2) is 70.7 Å². The van der Waals surface area contributed by atoms with Gasteiger partial charge in [-0.25, -0.2) is 0 Å². The number of carbonyl (C=O) groups is 1. The van der Waals surface area contributed by atoms with Crippen LogP contribution in [-0.4, -0.2) is 13.0 Å². The molecule has 0 aliphatic rings. The Labute approximate surface area is 170 Å². The number of ether oxygens (including phenoxy) is 1. The van der Waals surface area contributed by atoms with Crippen LogP contribution in [-0.2, 0) is 11.0 Å². The van der Waals surface area contributed by atoms with E-state index in [0.29, 0.717) is 11.4 Å². The van der Waals surface area contributed by atoms with Gasteiger partial charge in [0.1, 0.15) is 28.9 Å². The second-order valence-electron chi connectivity index (χ2n) is 6.10. The first-order valence-corrected chi connectivity index (χ1v) is 8.65. The molecule has 0 atom stereocenters. The number of nitrogens with one attached hydrogen (secondary N) is 1. The molecule has 1 N–H and O–H groups in total. The first-order valence-electron chi connectivity index (χ1n) is 8.65. The minimum atomic E-state index is -4.48. The summed E-state index contributed by atoms with van der Waals surface area (Å²) in [6, 6.07) is 16.1. The van der Waals surface area contributed by atoms with Crippen molar-refractivity contribution in [2.75, 3.05) is 12.4 Å². The monoisotopic (exact) mass is 412 g/mol. The van der Waals surface area contributed by atoms with E-state index >= 15 is 0 Å². The molecule has 3 rings (SSSR count). The molecular weight excluding hydrogens is 397 g/mol. The molecule has 0 spiro atoms. The predicted octanol–water partition coefficient (Wildman–Crippen LogP) is 5.52. The largest absolute Gasteiger partial charge is 0.495 e. The van der Waals surface area contributed by atoms with Gasteiger partial charge in [-0.1, -0.05) is 24.3 Å². The Morgan fingerprint density at radius 1 is 1.13 bits per heavy atom. The Morgan fingerprint density at radius 3 is 2.60 bits per heavy atom. The lowest BCUT2D eigenvalue weighted by atomic mass is 10.1. The molecule has 1 heterocycles. The van der Waals surface area contributed by atoms with Crippen LogP contribution < -0.4 is 10.1 Å². The van der Waals surface area contributed by atoms with Crippen molar-refractivity contribution in [3.05, 3.63) is 77.6 Å². The van der Waals surface area contributed by atoms with E-state index in [1.165, 1.54) is 37.5 Å². The summed E-state index contributed by atoms with van der Waals surface area (Å²) in [4.78, 5) is 12.4. The summed E-state index contributed by atoms with van der Waals surface area (Å²) in [5.74, 6) is 0.0657. The standard InChI is InChI=1S/C22H15F3N2O3/c1-29-20-8-3-2-7-18(20)27-21(28)15(13-26)12-17-9-10-19(30-17)14-5-4-6-16(11-14)22(23,24)25/h2-12H,1H3,(H,27,28). The highest BCUT2D eigenvalue weighted by atomic mass is 19.4. The molecule has 5 nitrogen and oxygen atoms in total. The Morgan fingerprint density at radius 2 is 1.90 bits per heavy atom. The maximum absolute atomic E-state index is 12.9. The summed E-state index contributed by atoms with van der Waals surface area (Å²) < 4.78 is 49.4. The SMILES string of the molecule is COc1ccccc1NC(=O)C(C#N)=Cc1ccc(-c2cccc(C(F)(F)F)c2)o1. The number of amides is 1. The molecule has 2 aromatic carbocycles. The molecule has 0 aliphatic carbocycles. The van der Waals surface area contributed by atoms with Gasteiger partial charge < -0.3 is 14.5 Å². The van der Waals surface area contributed by atoms with Gasteiger partial charge in [0.15, 0.2) is 0 Å².